The third-order valence-electron chi connectivity index (χ3n) is 4.87. The van der Waals surface area contributed by atoms with Crippen molar-refractivity contribution in [1.82, 2.24) is 18.8 Å². The summed E-state index contributed by atoms with van der Waals surface area (Å²) in [6.45, 7) is 0.408. The first-order chi connectivity index (χ1) is 12.9. The van der Waals surface area contributed by atoms with E-state index in [9.17, 15) is 18.0 Å². The summed E-state index contributed by atoms with van der Waals surface area (Å²) in [6, 6.07) is -1.02. The second-order valence-electron chi connectivity index (χ2n) is 6.61. The molecule has 4 heterocycles. The Morgan fingerprint density at radius 3 is 2.59 bits per heavy atom. The Bertz CT molecular complexity index is 984. The first kappa shape index (κ1) is 17.7. The van der Waals surface area contributed by atoms with E-state index in [4.69, 9.17) is 0 Å². The van der Waals surface area contributed by atoms with E-state index in [1.165, 1.54) is 23.0 Å². The molecule has 0 aromatic carbocycles. The number of amidine groups is 1. The molecule has 0 saturated carbocycles. The number of aryl methyl sites for hydroxylation is 1. The highest BCUT2D eigenvalue weighted by atomic mass is 32.2. The van der Waals surface area contributed by atoms with E-state index in [1.807, 2.05) is 0 Å². The van der Waals surface area contributed by atoms with E-state index >= 15 is 0 Å². The molecule has 0 N–H and O–H groups in total. The molecule has 10 nitrogen and oxygen atoms in total. The van der Waals surface area contributed by atoms with Crippen molar-refractivity contribution in [2.45, 2.75) is 23.9 Å². The van der Waals surface area contributed by atoms with E-state index in [-0.39, 0.29) is 35.9 Å². The number of nitrogens with zero attached hydrogens (tertiary/aromatic N) is 6. The maximum Gasteiger partial charge on any atom is 0.352 e. The van der Waals surface area contributed by atoms with Crippen LogP contribution in [0.1, 0.15) is 12.8 Å². The van der Waals surface area contributed by atoms with Crippen LogP contribution in [0, 0.1) is 5.92 Å². The average Bonchev–Trinajstić information content (AvgIpc) is 3.09. The number of imidazole rings is 1. The van der Waals surface area contributed by atoms with Gasteiger partial charge in [0.15, 0.2) is 5.03 Å². The highest BCUT2D eigenvalue weighted by Gasteiger charge is 2.42. The Kier molecular flexibility index (Phi) is 4.27. The molecule has 3 aliphatic rings. The minimum absolute atomic E-state index is 0.00646. The summed E-state index contributed by atoms with van der Waals surface area (Å²) < 4.78 is 28.2. The normalized spacial score (nSPS) is 24.3. The lowest BCUT2D eigenvalue weighted by molar-refractivity contribution is -0.131. The van der Waals surface area contributed by atoms with Crippen LogP contribution in [0.2, 0.25) is 0 Å². The number of fused-ring (bicyclic) bond motifs is 1. The van der Waals surface area contributed by atoms with Gasteiger partial charge in [-0.25, -0.2) is 23.2 Å². The summed E-state index contributed by atoms with van der Waals surface area (Å²) in [5, 5.41) is -0.00646. The molecule has 1 unspecified atom stereocenters. The van der Waals surface area contributed by atoms with Crippen LogP contribution in [-0.4, -0.2) is 70.3 Å². The molecule has 1 aromatic heterocycles. The lowest BCUT2D eigenvalue weighted by Crippen LogP contribution is -2.54. The summed E-state index contributed by atoms with van der Waals surface area (Å²) >= 11 is 0. The second kappa shape index (κ2) is 6.50. The van der Waals surface area contributed by atoms with Crippen LogP contribution < -0.4 is 0 Å². The Morgan fingerprint density at radius 1 is 1.19 bits per heavy atom. The summed E-state index contributed by atoms with van der Waals surface area (Å²) in [5.74, 6) is -0.800. The Hall–Kier alpha value is -2.66. The van der Waals surface area contributed by atoms with Crippen molar-refractivity contribution in [2.75, 3.05) is 13.1 Å². The zero-order valence-electron chi connectivity index (χ0n) is 14.6. The van der Waals surface area contributed by atoms with Gasteiger partial charge in [0, 0.05) is 38.6 Å². The lowest BCUT2D eigenvalue weighted by Gasteiger charge is -2.38. The average molecular weight is 390 g/mol. The minimum atomic E-state index is -3.69. The van der Waals surface area contributed by atoms with E-state index < -0.39 is 22.0 Å². The van der Waals surface area contributed by atoms with E-state index in [2.05, 4.69) is 15.0 Å². The molecule has 0 aliphatic carbocycles. The maximum atomic E-state index is 12.7. The number of imide groups is 1. The summed E-state index contributed by atoms with van der Waals surface area (Å²) in [7, 11) is -1.99. The fourth-order valence-corrected chi connectivity index (χ4v) is 4.90. The molecule has 1 saturated heterocycles. The number of rotatable bonds is 3. The van der Waals surface area contributed by atoms with Gasteiger partial charge in [-0.15, -0.1) is 0 Å². The van der Waals surface area contributed by atoms with Gasteiger partial charge >= 0.3 is 6.03 Å². The van der Waals surface area contributed by atoms with Crippen molar-refractivity contribution in [1.29, 1.82) is 0 Å². The van der Waals surface area contributed by atoms with E-state index in [0.29, 0.717) is 12.8 Å². The number of piperidine rings is 1. The molecule has 0 spiro atoms. The highest BCUT2D eigenvalue weighted by Crippen LogP contribution is 2.27. The quantitative estimate of drug-likeness (QED) is 0.730. The second-order valence-corrected chi connectivity index (χ2v) is 8.50. The van der Waals surface area contributed by atoms with Crippen LogP contribution in [0.15, 0.2) is 39.7 Å². The van der Waals surface area contributed by atoms with Gasteiger partial charge < -0.3 is 4.57 Å². The molecule has 1 aromatic rings. The molecular formula is C16H18N6O4S. The predicted octanol–water partition coefficient (Wildman–Crippen LogP) is 0.191. The highest BCUT2D eigenvalue weighted by molar-refractivity contribution is 7.89. The molecule has 1 fully saturated rings. The number of allylic oxidation sites excluding steroid dienone is 1. The topological polar surface area (TPSA) is 117 Å². The number of hydrogen-bond donors (Lipinski definition) is 0. The van der Waals surface area contributed by atoms with Gasteiger partial charge in [-0.2, -0.15) is 9.30 Å². The Labute approximate surface area is 156 Å². The first-order valence-electron chi connectivity index (χ1n) is 8.52. The lowest BCUT2D eigenvalue weighted by atomic mass is 9.98. The zero-order chi connectivity index (χ0) is 19.2. The van der Waals surface area contributed by atoms with Gasteiger partial charge in [0.05, 0.1) is 6.33 Å². The number of carbonyl (C=O) groups is 2. The maximum absolute atomic E-state index is 12.7. The molecule has 0 radical (unpaired) electrons. The van der Waals surface area contributed by atoms with Crippen LogP contribution in [-0.2, 0) is 21.9 Å². The summed E-state index contributed by atoms with van der Waals surface area (Å²) in [6.07, 6.45) is 8.40. The zero-order valence-corrected chi connectivity index (χ0v) is 15.4. The van der Waals surface area contributed by atoms with Crippen LogP contribution in [0.25, 0.3) is 0 Å². The van der Waals surface area contributed by atoms with E-state index in [0.717, 1.165) is 4.90 Å². The number of amides is 3. The molecule has 3 aliphatic heterocycles. The fraction of sp³-hybridized carbons (Fsp3) is 0.438. The van der Waals surface area contributed by atoms with Gasteiger partial charge in [0.25, 0.3) is 10.0 Å². The summed E-state index contributed by atoms with van der Waals surface area (Å²) in [5.41, 5.74) is 0. The summed E-state index contributed by atoms with van der Waals surface area (Å²) in [4.78, 5) is 38.0. The smallest absolute Gasteiger partial charge is 0.339 e. The number of aliphatic imine (C=N–C) groups is 2. The van der Waals surface area contributed by atoms with Crippen LogP contribution >= 0.6 is 0 Å². The van der Waals surface area contributed by atoms with Crippen molar-refractivity contribution in [2.24, 2.45) is 23.0 Å². The minimum Gasteiger partial charge on any atom is -0.339 e. The van der Waals surface area contributed by atoms with Crippen molar-refractivity contribution >= 4 is 34.0 Å². The van der Waals surface area contributed by atoms with E-state index in [1.54, 1.807) is 23.8 Å². The monoisotopic (exact) mass is 390 g/mol. The third kappa shape index (κ3) is 3.02. The number of hydrogen-bond acceptors (Lipinski definition) is 6. The Balaban J connectivity index is 1.49. The molecule has 4 rings (SSSR count). The largest absolute Gasteiger partial charge is 0.352 e. The van der Waals surface area contributed by atoms with Crippen molar-refractivity contribution in [3.05, 3.63) is 24.7 Å². The molecule has 11 heteroatoms. The molecule has 27 heavy (non-hydrogen) atoms. The van der Waals surface area contributed by atoms with Gasteiger partial charge in [-0.05, 0) is 18.9 Å². The van der Waals surface area contributed by atoms with Crippen molar-refractivity contribution in [3.63, 3.8) is 0 Å². The molecule has 0 bridgehead atoms. The number of sulfonamides is 1. The molecule has 1 atom stereocenters. The van der Waals surface area contributed by atoms with Crippen LogP contribution in [0.5, 0.6) is 0 Å². The number of dihydropyridines is 1. The first-order valence-corrected chi connectivity index (χ1v) is 9.96. The standard InChI is InChI=1S/C16H18N6O4S/c1-20-9-13(18-10-20)27(25,26)21-7-4-11(5-8-21)22-15(23)12-3-2-6-17-14(12)19-16(22)24/h2-3,6,9-12H,4-5,7-8H2,1H3. The van der Waals surface area contributed by atoms with Gasteiger partial charge in [-0.3, -0.25) is 9.69 Å². The predicted molar refractivity (Wildman–Crippen MR) is 95.8 cm³/mol. The third-order valence-corrected chi connectivity index (χ3v) is 6.65. The fourth-order valence-electron chi connectivity index (χ4n) is 3.46. The Morgan fingerprint density at radius 2 is 1.93 bits per heavy atom. The number of urea groups is 1. The van der Waals surface area contributed by atoms with Crippen molar-refractivity contribution in [3.8, 4) is 0 Å². The van der Waals surface area contributed by atoms with Crippen LogP contribution in [0.4, 0.5) is 4.79 Å². The van der Waals surface area contributed by atoms with Gasteiger partial charge in [-0.1, -0.05) is 6.08 Å². The molecule has 3 amide bonds. The molecule has 142 valence electrons. The van der Waals surface area contributed by atoms with Gasteiger partial charge in [0.2, 0.25) is 5.91 Å². The SMILES string of the molecule is Cn1cnc(S(=O)(=O)N2CCC(N3C(=O)N=C4N=CC=CC4C3=O)CC2)c1. The van der Waals surface area contributed by atoms with Crippen molar-refractivity contribution < 1.29 is 18.0 Å². The molecular weight excluding hydrogens is 372 g/mol. The number of carbonyl (C=O) groups excluding carboxylic acids is 2. The van der Waals surface area contributed by atoms with Gasteiger partial charge in [0.1, 0.15) is 11.8 Å². The van der Waals surface area contributed by atoms with Crippen LogP contribution in [0.3, 0.4) is 0 Å². The number of aromatic nitrogens is 2.